The van der Waals surface area contributed by atoms with E-state index in [0.717, 1.165) is 0 Å². The Morgan fingerprint density at radius 2 is 1.83 bits per heavy atom. The molecule has 0 radical (unpaired) electrons. The van der Waals surface area contributed by atoms with Gasteiger partial charge in [0, 0.05) is 30.3 Å². The van der Waals surface area contributed by atoms with Crippen LogP contribution in [0, 0.1) is 11.5 Å². The number of oxime groups is 1. The summed E-state index contributed by atoms with van der Waals surface area (Å²) in [5.74, 6) is -2.47. The third-order valence-corrected chi connectivity index (χ3v) is 9.19. The Morgan fingerprint density at radius 1 is 1.11 bits per heavy atom. The molecule has 282 valence electrons. The number of β-lactam (4-membered cyclic amide) rings is 1. The van der Waals surface area contributed by atoms with Gasteiger partial charge in [0.15, 0.2) is 17.6 Å². The van der Waals surface area contributed by atoms with E-state index in [-0.39, 0.29) is 36.9 Å². The van der Waals surface area contributed by atoms with Crippen molar-refractivity contribution in [2.24, 2.45) is 15.4 Å². The number of nitrogens with zero attached hydrogens (tertiary/aromatic N) is 6. The van der Waals surface area contributed by atoms with Crippen LogP contribution < -0.4 is 15.4 Å². The van der Waals surface area contributed by atoms with E-state index in [9.17, 15) is 24.0 Å². The number of esters is 2. The van der Waals surface area contributed by atoms with Gasteiger partial charge in [0.05, 0.1) is 19.2 Å². The molecule has 54 heavy (non-hydrogen) atoms. The largest absolute Gasteiger partial charge is 0.497 e. The molecule has 2 atom stereocenters. The Balaban J connectivity index is 1.34. The van der Waals surface area contributed by atoms with Crippen molar-refractivity contribution in [3.8, 4) is 11.9 Å². The number of hydrogen-bond donors (Lipinski definition) is 2. The number of carbonyl (C=O) groups is 5. The second-order valence-corrected chi connectivity index (χ2v) is 14.0. The molecule has 1 fully saturated rings. The number of carbonyl (C=O) groups excluding carboxylic acids is 5. The summed E-state index contributed by atoms with van der Waals surface area (Å²) in [4.78, 5) is 73.5. The van der Waals surface area contributed by atoms with Crippen molar-refractivity contribution in [3.05, 3.63) is 88.7 Å². The fourth-order valence-electron chi connectivity index (χ4n) is 5.38. The Hall–Kier alpha value is -6.22. The smallest absolute Gasteiger partial charge is 0.355 e. The van der Waals surface area contributed by atoms with Gasteiger partial charge in [0.2, 0.25) is 0 Å². The summed E-state index contributed by atoms with van der Waals surface area (Å²) < 4.78 is 16.3. The second kappa shape index (κ2) is 17.1. The Morgan fingerprint density at radius 3 is 2.48 bits per heavy atom. The molecule has 2 N–H and O–H groups in total. The molecule has 1 aromatic carbocycles. The lowest BCUT2D eigenvalue weighted by Crippen LogP contribution is -2.71. The highest BCUT2D eigenvalue weighted by molar-refractivity contribution is 8.00. The standard InChI is InChI=1S/C36H38N8O9S/c1-6-52-42-27(16-28(45)53-36(2,3)4)32(47)39-29-33(48)44-30(35(49)51-18-21-7-9-24(50-5)10-8-21)23(19-54-34(29)44)17-43-13-11-22(12-14-43)25-15-26(41-40-25)31(46)38-20-37/h7-15,29,34H,6,16-19H2,1-5H3,(H,38,46)(H,39,47)/b42-27+. The molecule has 4 aliphatic rings. The quantitative estimate of drug-likeness (QED) is 0.0742. The van der Waals surface area contributed by atoms with E-state index >= 15 is 0 Å². The highest BCUT2D eigenvalue weighted by Crippen LogP contribution is 2.41. The van der Waals surface area contributed by atoms with Gasteiger partial charge in [-0.3, -0.25) is 29.4 Å². The normalized spacial score (nSPS) is 19.1. The summed E-state index contributed by atoms with van der Waals surface area (Å²) in [6.45, 7) is 7.02. The van der Waals surface area contributed by atoms with Crippen molar-refractivity contribution in [1.29, 1.82) is 5.26 Å². The minimum atomic E-state index is -1.03. The Labute approximate surface area is 315 Å². The molecule has 4 aliphatic heterocycles. The van der Waals surface area contributed by atoms with E-state index < -0.39 is 53.1 Å². The van der Waals surface area contributed by atoms with E-state index in [1.165, 1.54) is 22.7 Å². The number of methoxy groups -OCH3 is 1. The summed E-state index contributed by atoms with van der Waals surface area (Å²) in [6, 6.07) is 5.96. The summed E-state index contributed by atoms with van der Waals surface area (Å²) in [5.41, 5.74) is 1.37. The predicted octanol–water partition coefficient (Wildman–Crippen LogP) is 3.06. The van der Waals surface area contributed by atoms with Gasteiger partial charge >= 0.3 is 11.9 Å². The molecule has 18 heteroatoms. The summed E-state index contributed by atoms with van der Waals surface area (Å²) in [7, 11) is 1.55. The highest BCUT2D eigenvalue weighted by Gasteiger charge is 2.54. The average molecular weight is 759 g/mol. The lowest BCUT2D eigenvalue weighted by Gasteiger charge is -2.50. The van der Waals surface area contributed by atoms with Crippen LogP contribution in [-0.2, 0) is 44.9 Å². The van der Waals surface area contributed by atoms with Crippen LogP contribution >= 0.6 is 11.8 Å². The first-order valence-electron chi connectivity index (χ1n) is 16.7. The molecule has 0 aliphatic carbocycles. The molecule has 17 nitrogen and oxygen atoms in total. The number of hydrogen-bond acceptors (Lipinski definition) is 15. The topological polar surface area (TPSA) is 214 Å². The van der Waals surface area contributed by atoms with Crippen LogP contribution in [0.1, 0.15) is 39.7 Å². The SMILES string of the molecule is CCO/N=C(\CC(=O)OC(C)(C)C)C(=O)NC1C(=O)N2C(C(=O)OCc3ccc(OC)cc3)=C(CN3C=CC(=C4C=C(C(=O)NC#N)N=N4)C=C3)CSC12. The number of fused-ring (bicyclic) bond motifs is 1. The monoisotopic (exact) mass is 758 g/mol. The first-order chi connectivity index (χ1) is 25.8. The Bertz CT molecular complexity index is 1950. The number of rotatable bonds is 13. The minimum absolute atomic E-state index is 0.00503. The number of thioether (sulfide) groups is 1. The van der Waals surface area contributed by atoms with E-state index in [0.29, 0.717) is 33.9 Å². The van der Waals surface area contributed by atoms with Crippen molar-refractivity contribution in [1.82, 2.24) is 20.4 Å². The second-order valence-electron chi connectivity index (χ2n) is 12.9. The van der Waals surface area contributed by atoms with Crippen molar-refractivity contribution in [2.75, 3.05) is 26.0 Å². The van der Waals surface area contributed by atoms with Crippen molar-refractivity contribution >= 4 is 47.1 Å². The molecule has 5 rings (SSSR count). The molecule has 2 unspecified atom stereocenters. The molecule has 0 bridgehead atoms. The minimum Gasteiger partial charge on any atom is -0.497 e. The highest BCUT2D eigenvalue weighted by atomic mass is 32.2. The zero-order valence-corrected chi connectivity index (χ0v) is 31.0. The molecule has 3 amide bonds. The van der Waals surface area contributed by atoms with E-state index in [2.05, 4.69) is 20.7 Å². The maximum Gasteiger partial charge on any atom is 0.355 e. The number of allylic oxidation sites excluding steroid dienone is 4. The zero-order valence-electron chi connectivity index (χ0n) is 30.2. The molecule has 1 saturated heterocycles. The van der Waals surface area contributed by atoms with Crippen LogP contribution in [0.25, 0.3) is 0 Å². The summed E-state index contributed by atoms with van der Waals surface area (Å²) in [6.07, 6.45) is 9.51. The van der Waals surface area contributed by atoms with Gasteiger partial charge < -0.3 is 29.3 Å². The van der Waals surface area contributed by atoms with Gasteiger partial charge in [-0.15, -0.1) is 22.0 Å². The van der Waals surface area contributed by atoms with E-state index in [1.54, 1.807) is 94.7 Å². The fraction of sp³-hybridized carbons (Fsp3) is 0.361. The maximum atomic E-state index is 13.8. The number of nitrogens with one attached hydrogen (secondary N) is 2. The van der Waals surface area contributed by atoms with Gasteiger partial charge in [-0.1, -0.05) is 17.3 Å². The zero-order chi connectivity index (χ0) is 39.0. The van der Waals surface area contributed by atoms with E-state index in [4.69, 9.17) is 24.3 Å². The van der Waals surface area contributed by atoms with Crippen LogP contribution in [-0.4, -0.2) is 88.2 Å². The predicted molar refractivity (Wildman–Crippen MR) is 193 cm³/mol. The maximum absolute atomic E-state index is 13.8. The average Bonchev–Trinajstić information content (AvgIpc) is 3.65. The van der Waals surface area contributed by atoms with Gasteiger partial charge in [0.1, 0.15) is 41.7 Å². The van der Waals surface area contributed by atoms with Crippen LogP contribution in [0.15, 0.2) is 98.5 Å². The van der Waals surface area contributed by atoms with Crippen molar-refractivity contribution in [2.45, 2.75) is 57.7 Å². The lowest BCUT2D eigenvalue weighted by atomic mass is 10.0. The van der Waals surface area contributed by atoms with Crippen LogP contribution in [0.3, 0.4) is 0 Å². The van der Waals surface area contributed by atoms with Crippen LogP contribution in [0.4, 0.5) is 0 Å². The number of azo groups is 1. The third kappa shape index (κ3) is 9.41. The summed E-state index contributed by atoms with van der Waals surface area (Å²) >= 11 is 1.35. The van der Waals surface area contributed by atoms with Gasteiger partial charge in [0.25, 0.3) is 17.7 Å². The summed E-state index contributed by atoms with van der Waals surface area (Å²) in [5, 5.41) is 24.4. The van der Waals surface area contributed by atoms with Crippen LogP contribution in [0.2, 0.25) is 0 Å². The number of ether oxygens (including phenoxy) is 3. The van der Waals surface area contributed by atoms with E-state index in [1.807, 2.05) is 5.32 Å². The van der Waals surface area contributed by atoms with Gasteiger partial charge in [-0.25, -0.2) is 4.79 Å². The van der Waals surface area contributed by atoms with Gasteiger partial charge in [-0.05, 0) is 69.2 Å². The van der Waals surface area contributed by atoms with Crippen molar-refractivity contribution < 1.29 is 43.0 Å². The first-order valence-corrected chi connectivity index (χ1v) is 17.7. The molecular weight excluding hydrogens is 721 g/mol. The number of nitriles is 1. The molecular formula is C36H38N8O9S. The Kier molecular flexibility index (Phi) is 12.3. The molecule has 4 heterocycles. The lowest BCUT2D eigenvalue weighted by molar-refractivity contribution is -0.154. The molecule has 0 saturated carbocycles. The molecule has 0 spiro atoms. The number of amides is 3. The fourth-order valence-corrected chi connectivity index (χ4v) is 6.72. The first kappa shape index (κ1) is 39.0. The molecule has 0 aromatic heterocycles. The van der Waals surface area contributed by atoms with Crippen LogP contribution in [0.5, 0.6) is 5.75 Å². The number of benzene rings is 1. The molecule has 1 aromatic rings. The van der Waals surface area contributed by atoms with Crippen molar-refractivity contribution in [3.63, 3.8) is 0 Å². The third-order valence-electron chi connectivity index (χ3n) is 7.86. The van der Waals surface area contributed by atoms with Gasteiger partial charge in [-0.2, -0.15) is 5.26 Å².